The first-order valence-corrected chi connectivity index (χ1v) is 7.63. The van der Waals surface area contributed by atoms with E-state index in [9.17, 15) is 15.3 Å². The summed E-state index contributed by atoms with van der Waals surface area (Å²) >= 11 is 0. The molecule has 0 bridgehead atoms. The highest BCUT2D eigenvalue weighted by Gasteiger charge is 2.13. The maximum absolute atomic E-state index is 10.3. The van der Waals surface area contributed by atoms with Crippen LogP contribution < -0.4 is 14.2 Å². The zero-order chi connectivity index (χ0) is 18.4. The molecule has 0 radical (unpaired) electrons. The Labute approximate surface area is 146 Å². The lowest BCUT2D eigenvalue weighted by Gasteiger charge is -2.12. The molecule has 0 unspecified atom stereocenters. The number of benzene rings is 2. The second kappa shape index (κ2) is 8.41. The van der Waals surface area contributed by atoms with Crippen LogP contribution in [0.25, 0.3) is 12.2 Å². The van der Waals surface area contributed by atoms with Crippen LogP contribution in [0, 0.1) is 0 Å². The zero-order valence-corrected chi connectivity index (χ0v) is 14.4. The van der Waals surface area contributed by atoms with E-state index in [-0.39, 0.29) is 24.7 Å². The van der Waals surface area contributed by atoms with Gasteiger partial charge in [0.25, 0.3) is 0 Å². The van der Waals surface area contributed by atoms with Gasteiger partial charge in [-0.2, -0.15) is 0 Å². The van der Waals surface area contributed by atoms with E-state index in [1.54, 1.807) is 36.4 Å². The molecule has 0 aliphatic carbocycles. The van der Waals surface area contributed by atoms with Crippen LogP contribution in [0.5, 0.6) is 23.0 Å². The van der Waals surface area contributed by atoms with Gasteiger partial charge in [0.05, 0.1) is 34.5 Å². The normalized spacial score (nSPS) is 10.9. The van der Waals surface area contributed by atoms with Crippen LogP contribution in [-0.4, -0.2) is 36.6 Å². The number of aliphatic hydroxyl groups excluding tert-OH is 2. The summed E-state index contributed by atoms with van der Waals surface area (Å²) in [4.78, 5) is 0. The number of methoxy groups -OCH3 is 3. The van der Waals surface area contributed by atoms with Gasteiger partial charge >= 0.3 is 0 Å². The van der Waals surface area contributed by atoms with Crippen molar-refractivity contribution in [1.82, 2.24) is 0 Å². The molecule has 0 atom stereocenters. The van der Waals surface area contributed by atoms with Crippen molar-refractivity contribution >= 4 is 12.2 Å². The van der Waals surface area contributed by atoms with Crippen molar-refractivity contribution in [2.75, 3.05) is 21.3 Å². The maximum Gasteiger partial charge on any atom is 0.203 e. The van der Waals surface area contributed by atoms with Gasteiger partial charge in [-0.05, 0) is 35.4 Å². The average Bonchev–Trinajstić information content (AvgIpc) is 2.65. The smallest absolute Gasteiger partial charge is 0.203 e. The maximum atomic E-state index is 10.3. The van der Waals surface area contributed by atoms with Gasteiger partial charge in [0, 0.05) is 11.1 Å². The molecular formula is C19H22O6. The van der Waals surface area contributed by atoms with Crippen LogP contribution in [0.2, 0.25) is 0 Å². The highest BCUT2D eigenvalue weighted by atomic mass is 16.5. The molecule has 0 aliphatic heterocycles. The Kier molecular flexibility index (Phi) is 6.27. The number of rotatable bonds is 7. The van der Waals surface area contributed by atoms with Gasteiger partial charge in [-0.15, -0.1) is 0 Å². The van der Waals surface area contributed by atoms with Crippen molar-refractivity contribution in [3.8, 4) is 23.0 Å². The number of hydrogen-bond acceptors (Lipinski definition) is 6. The van der Waals surface area contributed by atoms with Crippen LogP contribution in [0.3, 0.4) is 0 Å². The van der Waals surface area contributed by atoms with E-state index < -0.39 is 0 Å². The predicted octanol–water partition coefficient (Wildman–Crippen LogP) is 2.57. The average molecular weight is 346 g/mol. The molecule has 0 fully saturated rings. The summed E-state index contributed by atoms with van der Waals surface area (Å²) in [6, 6.07) is 6.91. The molecule has 0 heterocycles. The van der Waals surface area contributed by atoms with Crippen LogP contribution in [-0.2, 0) is 13.2 Å². The number of hydrogen-bond donors (Lipinski definition) is 3. The molecule has 6 heteroatoms. The van der Waals surface area contributed by atoms with Gasteiger partial charge in [-0.25, -0.2) is 0 Å². The highest BCUT2D eigenvalue weighted by Crippen LogP contribution is 2.39. The summed E-state index contributed by atoms with van der Waals surface area (Å²) in [5.41, 5.74) is 2.44. The first kappa shape index (κ1) is 18.6. The molecule has 2 rings (SSSR count). The van der Waals surface area contributed by atoms with Crippen molar-refractivity contribution in [2.45, 2.75) is 13.2 Å². The number of phenols is 1. The van der Waals surface area contributed by atoms with Crippen LogP contribution in [0.15, 0.2) is 24.3 Å². The highest BCUT2D eigenvalue weighted by molar-refractivity contribution is 5.76. The fraction of sp³-hybridized carbons (Fsp3) is 0.263. The standard InChI is InChI=1S/C19H22O6/c1-23-16-7-6-13(18(22)19(16)25-3)5-4-12-8-14(10-20)15(11-21)17(9-12)24-2/h4-9,20-22H,10-11H2,1-3H3/b5-4-. The minimum absolute atomic E-state index is 0.0283. The minimum Gasteiger partial charge on any atom is -0.504 e. The Morgan fingerprint density at radius 2 is 1.60 bits per heavy atom. The van der Waals surface area contributed by atoms with E-state index in [4.69, 9.17) is 14.2 Å². The first-order valence-electron chi connectivity index (χ1n) is 7.63. The molecule has 0 saturated heterocycles. The summed E-state index contributed by atoms with van der Waals surface area (Å²) in [5.74, 6) is 1.16. The van der Waals surface area contributed by atoms with Crippen molar-refractivity contribution in [3.05, 3.63) is 46.5 Å². The summed E-state index contributed by atoms with van der Waals surface area (Å²) in [5, 5.41) is 29.2. The molecule has 0 amide bonds. The molecule has 25 heavy (non-hydrogen) atoms. The SMILES string of the molecule is COc1cc(/C=C\c2ccc(OC)c(OC)c2O)cc(CO)c1CO. The second-order valence-electron chi connectivity index (χ2n) is 5.25. The van der Waals surface area contributed by atoms with Crippen molar-refractivity contribution < 1.29 is 29.5 Å². The molecule has 0 saturated carbocycles. The Bertz CT molecular complexity index is 742. The largest absolute Gasteiger partial charge is 0.504 e. The second-order valence-corrected chi connectivity index (χ2v) is 5.25. The van der Waals surface area contributed by atoms with Crippen LogP contribution in [0.4, 0.5) is 0 Å². The van der Waals surface area contributed by atoms with Crippen molar-refractivity contribution in [3.63, 3.8) is 0 Å². The molecule has 2 aromatic rings. The fourth-order valence-corrected chi connectivity index (χ4v) is 2.57. The van der Waals surface area contributed by atoms with Gasteiger partial charge in [-0.1, -0.05) is 12.2 Å². The van der Waals surface area contributed by atoms with E-state index in [1.165, 1.54) is 21.3 Å². The fourth-order valence-electron chi connectivity index (χ4n) is 2.57. The van der Waals surface area contributed by atoms with Gasteiger partial charge in [-0.3, -0.25) is 0 Å². The molecule has 0 spiro atoms. The van der Waals surface area contributed by atoms with Crippen LogP contribution >= 0.6 is 0 Å². The number of aromatic hydroxyl groups is 1. The topological polar surface area (TPSA) is 88.4 Å². The van der Waals surface area contributed by atoms with E-state index in [1.807, 2.05) is 0 Å². The third-order valence-electron chi connectivity index (χ3n) is 3.88. The summed E-state index contributed by atoms with van der Waals surface area (Å²) in [6.07, 6.45) is 3.48. The number of aliphatic hydroxyl groups is 2. The summed E-state index contributed by atoms with van der Waals surface area (Å²) in [7, 11) is 4.46. The molecular weight excluding hydrogens is 324 g/mol. The first-order chi connectivity index (χ1) is 12.1. The molecule has 134 valence electrons. The Hall–Kier alpha value is -2.70. The lowest BCUT2D eigenvalue weighted by atomic mass is 10.0. The third kappa shape index (κ3) is 3.87. The quantitative estimate of drug-likeness (QED) is 0.668. The Balaban J connectivity index is 2.43. The van der Waals surface area contributed by atoms with Gasteiger partial charge in [0.2, 0.25) is 5.75 Å². The lowest BCUT2D eigenvalue weighted by Crippen LogP contribution is -1.99. The molecule has 3 N–H and O–H groups in total. The van der Waals surface area contributed by atoms with Gasteiger partial charge in [0.1, 0.15) is 5.75 Å². The number of ether oxygens (including phenoxy) is 3. The van der Waals surface area contributed by atoms with E-state index >= 15 is 0 Å². The van der Waals surface area contributed by atoms with Crippen LogP contribution in [0.1, 0.15) is 22.3 Å². The Morgan fingerprint density at radius 3 is 2.16 bits per heavy atom. The summed E-state index contributed by atoms with van der Waals surface area (Å²) < 4.78 is 15.6. The van der Waals surface area contributed by atoms with Gasteiger partial charge < -0.3 is 29.5 Å². The van der Waals surface area contributed by atoms with E-state index in [2.05, 4.69) is 0 Å². The van der Waals surface area contributed by atoms with E-state index in [0.29, 0.717) is 28.2 Å². The molecule has 6 nitrogen and oxygen atoms in total. The predicted molar refractivity (Wildman–Crippen MR) is 95.0 cm³/mol. The van der Waals surface area contributed by atoms with E-state index in [0.717, 1.165) is 5.56 Å². The number of phenolic OH excluding ortho intramolecular Hbond substituents is 1. The zero-order valence-electron chi connectivity index (χ0n) is 14.4. The van der Waals surface area contributed by atoms with Crippen molar-refractivity contribution in [1.29, 1.82) is 0 Å². The third-order valence-corrected chi connectivity index (χ3v) is 3.88. The van der Waals surface area contributed by atoms with Crippen molar-refractivity contribution in [2.24, 2.45) is 0 Å². The molecule has 0 aromatic heterocycles. The molecule has 0 aliphatic rings. The summed E-state index contributed by atoms with van der Waals surface area (Å²) in [6.45, 7) is -0.435. The minimum atomic E-state index is -0.223. The Morgan fingerprint density at radius 1 is 0.880 bits per heavy atom. The van der Waals surface area contributed by atoms with Gasteiger partial charge in [0.15, 0.2) is 11.5 Å². The lowest BCUT2D eigenvalue weighted by molar-refractivity contribution is 0.254. The monoisotopic (exact) mass is 346 g/mol. The molecule has 2 aromatic carbocycles.